The topological polar surface area (TPSA) is 57.5 Å². The summed E-state index contributed by atoms with van der Waals surface area (Å²) in [5.41, 5.74) is -0.0660. The Morgan fingerprint density at radius 3 is 1.56 bits per heavy atom. The Balaban J connectivity index is 0.000000358. The molecule has 2 aromatic rings. The predicted octanol–water partition coefficient (Wildman–Crippen LogP) is 10.0. The number of unbranched alkanes of at least 4 members (excludes halogenated alkanes) is 6. The number of hydrogen-bond acceptors (Lipinski definition) is 2. The van der Waals surface area contributed by atoms with Gasteiger partial charge >= 0.3 is 5.97 Å². The van der Waals surface area contributed by atoms with Crippen LogP contribution in [0.25, 0.3) is 10.8 Å². The molecule has 3 nitrogen and oxygen atoms in total. The molecule has 0 aromatic heterocycles. The highest BCUT2D eigenvalue weighted by atomic mass is 16.4. The molecule has 0 bridgehead atoms. The minimum Gasteiger partial charge on any atom is -0.507 e. The first-order valence-corrected chi connectivity index (χ1v) is 13.9. The highest BCUT2D eigenvalue weighted by Crippen LogP contribution is 2.32. The maximum Gasteiger partial charge on any atom is 0.339 e. The van der Waals surface area contributed by atoms with E-state index < -0.39 is 5.97 Å². The number of phenols is 1. The molecule has 192 valence electrons. The van der Waals surface area contributed by atoms with Crippen LogP contribution in [0.3, 0.4) is 0 Å². The Morgan fingerprint density at radius 2 is 1.15 bits per heavy atom. The summed E-state index contributed by atoms with van der Waals surface area (Å²) < 4.78 is 0. The van der Waals surface area contributed by atoms with Crippen molar-refractivity contribution in [1.29, 1.82) is 0 Å². The summed E-state index contributed by atoms with van der Waals surface area (Å²) in [7, 11) is 0. The molecular formula is C31H50O3. The molecule has 2 rings (SSSR count). The van der Waals surface area contributed by atoms with Gasteiger partial charge in [-0.2, -0.15) is 0 Å². The van der Waals surface area contributed by atoms with Crippen LogP contribution in [0.1, 0.15) is 128 Å². The maximum absolute atomic E-state index is 10.7. The Hall–Kier alpha value is -2.03. The van der Waals surface area contributed by atoms with Crippen molar-refractivity contribution < 1.29 is 15.0 Å². The van der Waals surface area contributed by atoms with Gasteiger partial charge in [-0.25, -0.2) is 4.79 Å². The van der Waals surface area contributed by atoms with E-state index in [1.54, 1.807) is 6.07 Å². The smallest absolute Gasteiger partial charge is 0.339 e. The summed E-state index contributed by atoms with van der Waals surface area (Å²) >= 11 is 0. The lowest BCUT2D eigenvalue weighted by atomic mass is 9.79. The van der Waals surface area contributed by atoms with Gasteiger partial charge in [0.15, 0.2) is 0 Å². The number of benzene rings is 2. The van der Waals surface area contributed by atoms with E-state index in [0.29, 0.717) is 0 Å². The number of fused-ring (bicyclic) bond motifs is 1. The van der Waals surface area contributed by atoms with Crippen LogP contribution in [0.15, 0.2) is 36.4 Å². The molecule has 0 spiro atoms. The lowest BCUT2D eigenvalue weighted by Gasteiger charge is -2.27. The summed E-state index contributed by atoms with van der Waals surface area (Å²) in [4.78, 5) is 10.7. The fourth-order valence-electron chi connectivity index (χ4n) is 5.04. The zero-order valence-electron chi connectivity index (χ0n) is 22.3. The summed E-state index contributed by atoms with van der Waals surface area (Å²) in [5.74, 6) is 0.737. The van der Waals surface area contributed by atoms with Crippen molar-refractivity contribution in [3.8, 4) is 5.75 Å². The number of carboxylic acid groups (broad SMARTS) is 1. The number of carboxylic acids is 1. The Labute approximate surface area is 209 Å². The summed E-state index contributed by atoms with van der Waals surface area (Å²) in [6, 6.07) is 10.2. The first-order valence-electron chi connectivity index (χ1n) is 13.9. The molecule has 0 amide bonds. The molecule has 0 saturated heterocycles. The predicted molar refractivity (Wildman–Crippen MR) is 147 cm³/mol. The van der Waals surface area contributed by atoms with E-state index in [1.807, 2.05) is 18.2 Å². The van der Waals surface area contributed by atoms with E-state index >= 15 is 0 Å². The summed E-state index contributed by atoms with van der Waals surface area (Å²) in [6.45, 7) is 9.38. The maximum atomic E-state index is 10.7. The van der Waals surface area contributed by atoms with E-state index in [4.69, 9.17) is 5.11 Å². The molecule has 2 unspecified atom stereocenters. The van der Waals surface area contributed by atoms with Crippen molar-refractivity contribution >= 4 is 16.7 Å². The fourth-order valence-corrected chi connectivity index (χ4v) is 5.04. The summed E-state index contributed by atoms with van der Waals surface area (Å²) in [6.07, 6.45) is 20.2. The SMILES string of the molecule is CCCCCCC(CCC)C(CCC)CCCCCC.O=C(O)c1cc2ccccc2cc1O. The molecule has 34 heavy (non-hydrogen) atoms. The first kappa shape index (κ1) is 30.0. The van der Waals surface area contributed by atoms with Crippen molar-refractivity contribution in [2.75, 3.05) is 0 Å². The van der Waals surface area contributed by atoms with Gasteiger partial charge in [-0.3, -0.25) is 0 Å². The van der Waals surface area contributed by atoms with E-state index in [9.17, 15) is 9.90 Å². The van der Waals surface area contributed by atoms with E-state index in [1.165, 1.54) is 102 Å². The molecule has 0 aliphatic carbocycles. The molecule has 2 N–H and O–H groups in total. The fraction of sp³-hybridized carbons (Fsp3) is 0.645. The normalized spacial score (nSPS) is 12.7. The third-order valence-corrected chi connectivity index (χ3v) is 6.94. The van der Waals surface area contributed by atoms with Crippen LogP contribution in [-0.4, -0.2) is 16.2 Å². The van der Waals surface area contributed by atoms with E-state index in [-0.39, 0.29) is 11.3 Å². The van der Waals surface area contributed by atoms with Crippen molar-refractivity contribution in [1.82, 2.24) is 0 Å². The van der Waals surface area contributed by atoms with Crippen LogP contribution in [0.4, 0.5) is 0 Å². The Bertz CT molecular complexity index is 778. The Morgan fingerprint density at radius 1 is 0.676 bits per heavy atom. The average Bonchev–Trinajstić information content (AvgIpc) is 2.83. The minimum absolute atomic E-state index is 0.0660. The van der Waals surface area contributed by atoms with E-state index in [0.717, 1.165) is 22.6 Å². The van der Waals surface area contributed by atoms with Crippen molar-refractivity contribution in [2.45, 2.75) is 118 Å². The van der Waals surface area contributed by atoms with Gasteiger partial charge in [0.25, 0.3) is 0 Å². The molecule has 0 fully saturated rings. The number of carbonyl (C=O) groups is 1. The van der Waals surface area contributed by atoms with Crippen molar-refractivity contribution in [3.63, 3.8) is 0 Å². The van der Waals surface area contributed by atoms with Crippen LogP contribution in [0, 0.1) is 11.8 Å². The van der Waals surface area contributed by atoms with Gasteiger partial charge in [-0.05, 0) is 34.7 Å². The molecule has 2 aromatic carbocycles. The van der Waals surface area contributed by atoms with Gasteiger partial charge in [0, 0.05) is 0 Å². The second-order valence-electron chi connectivity index (χ2n) is 9.82. The zero-order chi connectivity index (χ0) is 25.2. The standard InChI is InChI=1S/C20H42.C11H8O3/c1-5-9-11-13-17-19(15-7-3)20(16-8-4)18-14-12-10-6-2;12-10-6-8-4-2-1-3-7(8)5-9(10)11(13)14/h19-20H,5-18H2,1-4H3;1-6,12H,(H,13,14). The van der Waals surface area contributed by atoms with Gasteiger partial charge in [-0.15, -0.1) is 0 Å². The van der Waals surface area contributed by atoms with Gasteiger partial charge < -0.3 is 10.2 Å². The molecule has 0 radical (unpaired) electrons. The van der Waals surface area contributed by atoms with Gasteiger partial charge in [-0.1, -0.05) is 142 Å². The highest BCUT2D eigenvalue weighted by Gasteiger charge is 2.19. The van der Waals surface area contributed by atoms with Gasteiger partial charge in [0.2, 0.25) is 0 Å². The van der Waals surface area contributed by atoms with Crippen LogP contribution >= 0.6 is 0 Å². The lowest BCUT2D eigenvalue weighted by molar-refractivity contribution is 0.0694. The number of aromatic hydroxyl groups is 1. The van der Waals surface area contributed by atoms with Crippen molar-refractivity contribution in [2.24, 2.45) is 11.8 Å². The molecule has 0 aliphatic rings. The Kier molecular flexibility index (Phi) is 16.2. The van der Waals surface area contributed by atoms with Crippen molar-refractivity contribution in [3.05, 3.63) is 42.0 Å². The lowest BCUT2D eigenvalue weighted by Crippen LogP contribution is -2.15. The molecule has 2 atom stereocenters. The quantitative estimate of drug-likeness (QED) is 0.240. The van der Waals surface area contributed by atoms with Gasteiger partial charge in [0.05, 0.1) is 0 Å². The third kappa shape index (κ3) is 11.4. The van der Waals surface area contributed by atoms with Gasteiger partial charge in [0.1, 0.15) is 11.3 Å². The van der Waals surface area contributed by atoms with Crippen LogP contribution < -0.4 is 0 Å². The van der Waals surface area contributed by atoms with Crippen LogP contribution in [0.5, 0.6) is 5.75 Å². The zero-order valence-corrected chi connectivity index (χ0v) is 22.3. The average molecular weight is 471 g/mol. The third-order valence-electron chi connectivity index (χ3n) is 6.94. The first-order chi connectivity index (χ1) is 16.5. The largest absolute Gasteiger partial charge is 0.507 e. The molecular weight excluding hydrogens is 420 g/mol. The minimum atomic E-state index is -1.12. The highest BCUT2D eigenvalue weighted by molar-refractivity contribution is 5.97. The monoisotopic (exact) mass is 470 g/mol. The van der Waals surface area contributed by atoms with Crippen LogP contribution in [0.2, 0.25) is 0 Å². The summed E-state index contributed by atoms with van der Waals surface area (Å²) in [5, 5.41) is 19.8. The number of aromatic carboxylic acids is 1. The number of hydrogen-bond donors (Lipinski definition) is 2. The second kappa shape index (κ2) is 18.3. The molecule has 0 aliphatic heterocycles. The van der Waals surface area contributed by atoms with Crippen LogP contribution in [-0.2, 0) is 0 Å². The molecule has 3 heteroatoms. The molecule has 0 saturated carbocycles. The van der Waals surface area contributed by atoms with E-state index in [2.05, 4.69) is 27.7 Å². The number of rotatable bonds is 16. The second-order valence-corrected chi connectivity index (χ2v) is 9.82. The molecule has 0 heterocycles.